The molecule has 0 spiro atoms. The number of nitrogens with one attached hydrogen (secondary N) is 1. The fourth-order valence-corrected chi connectivity index (χ4v) is 5.20. The summed E-state index contributed by atoms with van der Waals surface area (Å²) in [6.07, 6.45) is 2.52. The first kappa shape index (κ1) is 19.3. The lowest BCUT2D eigenvalue weighted by atomic mass is 9.99. The molecule has 4 aromatic rings. The van der Waals surface area contributed by atoms with Gasteiger partial charge in [-0.25, -0.2) is 9.97 Å². The summed E-state index contributed by atoms with van der Waals surface area (Å²) in [5.41, 5.74) is 2.41. The number of fused-ring (bicyclic) bond motifs is 2. The minimum absolute atomic E-state index is 0.457. The van der Waals surface area contributed by atoms with E-state index in [1.807, 2.05) is 11.4 Å². The van der Waals surface area contributed by atoms with Gasteiger partial charge in [0, 0.05) is 11.1 Å². The van der Waals surface area contributed by atoms with Crippen LogP contribution in [0.25, 0.3) is 21.0 Å². The number of thiophene rings is 1. The smallest absolute Gasteiger partial charge is 0.319 e. The van der Waals surface area contributed by atoms with Gasteiger partial charge in [0.05, 0.1) is 5.39 Å². The maximum Gasteiger partial charge on any atom is 0.319 e. The van der Waals surface area contributed by atoms with Crippen molar-refractivity contribution in [2.45, 2.75) is 42.5 Å². The van der Waals surface area contributed by atoms with Crippen molar-refractivity contribution in [3.05, 3.63) is 53.4 Å². The standard InChI is InChI=1S/C23H21N3O2S2/c1-23(2,21(27)28)30-22-25-19(17-11-12-29-20(17)26-22)24-18-10-9-14(13-7-8-13)15-5-3-4-6-16(15)18/h3-6,9-13H,7-8H2,1-2H3,(H,27,28)(H,24,25,26). The van der Waals surface area contributed by atoms with E-state index in [4.69, 9.17) is 4.98 Å². The summed E-state index contributed by atoms with van der Waals surface area (Å²) in [5.74, 6) is 0.487. The lowest BCUT2D eigenvalue weighted by Gasteiger charge is -2.18. The van der Waals surface area contributed by atoms with Gasteiger partial charge in [0.25, 0.3) is 0 Å². The third kappa shape index (κ3) is 3.52. The molecule has 152 valence electrons. The van der Waals surface area contributed by atoms with Crippen molar-refractivity contribution in [2.24, 2.45) is 0 Å². The molecule has 1 fully saturated rings. The van der Waals surface area contributed by atoms with Crippen LogP contribution in [0.15, 0.2) is 53.0 Å². The molecule has 1 aliphatic rings. The van der Waals surface area contributed by atoms with Gasteiger partial charge < -0.3 is 10.4 Å². The van der Waals surface area contributed by atoms with Crippen molar-refractivity contribution in [2.75, 3.05) is 5.32 Å². The third-order valence-corrected chi connectivity index (χ3v) is 7.25. The Kier molecular flexibility index (Phi) is 4.67. The lowest BCUT2D eigenvalue weighted by Crippen LogP contribution is -2.27. The highest BCUT2D eigenvalue weighted by molar-refractivity contribution is 8.01. The van der Waals surface area contributed by atoms with Crippen molar-refractivity contribution in [3.63, 3.8) is 0 Å². The number of aromatic nitrogens is 2. The van der Waals surface area contributed by atoms with Crippen molar-refractivity contribution in [1.29, 1.82) is 0 Å². The molecule has 0 bridgehead atoms. The summed E-state index contributed by atoms with van der Waals surface area (Å²) in [5, 5.41) is 18.8. The molecule has 0 atom stereocenters. The number of carbonyl (C=O) groups is 1. The molecular formula is C23H21N3O2S2. The van der Waals surface area contributed by atoms with Gasteiger partial charge in [-0.15, -0.1) is 11.3 Å². The van der Waals surface area contributed by atoms with Gasteiger partial charge in [0.2, 0.25) is 0 Å². The van der Waals surface area contributed by atoms with Crippen LogP contribution in [0.1, 0.15) is 38.2 Å². The molecule has 1 saturated carbocycles. The molecule has 30 heavy (non-hydrogen) atoms. The van der Waals surface area contributed by atoms with Crippen LogP contribution in [0.4, 0.5) is 11.5 Å². The summed E-state index contributed by atoms with van der Waals surface area (Å²) in [6.45, 7) is 3.33. The number of benzene rings is 2. The van der Waals surface area contributed by atoms with Crippen LogP contribution in [0.5, 0.6) is 0 Å². The lowest BCUT2D eigenvalue weighted by molar-refractivity contribution is -0.138. The third-order valence-electron chi connectivity index (χ3n) is 5.39. The zero-order valence-electron chi connectivity index (χ0n) is 16.7. The van der Waals surface area contributed by atoms with Crippen molar-refractivity contribution in [1.82, 2.24) is 9.97 Å². The maximum atomic E-state index is 11.6. The number of rotatable bonds is 6. The molecule has 2 aromatic heterocycles. The number of hydrogen-bond acceptors (Lipinski definition) is 6. The second-order valence-corrected chi connectivity index (χ2v) is 10.5. The Labute approximate surface area is 182 Å². The average Bonchev–Trinajstić information content (AvgIpc) is 3.44. The number of anilines is 2. The number of aliphatic carboxylic acids is 1. The van der Waals surface area contributed by atoms with E-state index in [-0.39, 0.29) is 0 Å². The Morgan fingerprint density at radius 2 is 1.87 bits per heavy atom. The van der Waals surface area contributed by atoms with Crippen LogP contribution in [-0.4, -0.2) is 25.8 Å². The van der Waals surface area contributed by atoms with Crippen LogP contribution < -0.4 is 5.32 Å². The Balaban J connectivity index is 1.58. The van der Waals surface area contributed by atoms with Crippen LogP contribution in [-0.2, 0) is 4.79 Å². The zero-order chi connectivity index (χ0) is 20.9. The quantitative estimate of drug-likeness (QED) is 0.269. The number of thioether (sulfide) groups is 1. The molecule has 5 rings (SSSR count). The fraction of sp³-hybridized carbons (Fsp3) is 0.261. The van der Waals surface area contributed by atoms with Crippen LogP contribution >= 0.6 is 23.1 Å². The number of carboxylic acids is 1. The molecular weight excluding hydrogens is 414 g/mol. The van der Waals surface area contributed by atoms with Gasteiger partial charge in [-0.2, -0.15) is 0 Å². The average molecular weight is 436 g/mol. The molecule has 1 aliphatic carbocycles. The first-order chi connectivity index (χ1) is 14.4. The summed E-state index contributed by atoms with van der Waals surface area (Å²) in [4.78, 5) is 21.7. The molecule has 0 aliphatic heterocycles. The molecule has 0 amide bonds. The first-order valence-corrected chi connectivity index (χ1v) is 11.6. The van der Waals surface area contributed by atoms with E-state index >= 15 is 0 Å². The largest absolute Gasteiger partial charge is 0.480 e. The minimum atomic E-state index is -1.01. The molecule has 2 N–H and O–H groups in total. The van der Waals surface area contributed by atoms with E-state index in [0.717, 1.165) is 27.7 Å². The predicted molar refractivity (Wildman–Crippen MR) is 124 cm³/mol. The number of nitrogens with zero attached hydrogens (tertiary/aromatic N) is 2. The van der Waals surface area contributed by atoms with E-state index in [1.165, 1.54) is 40.5 Å². The van der Waals surface area contributed by atoms with Crippen LogP contribution in [0.3, 0.4) is 0 Å². The molecule has 2 aromatic carbocycles. The minimum Gasteiger partial charge on any atom is -0.480 e. The number of carboxylic acid groups (broad SMARTS) is 1. The zero-order valence-corrected chi connectivity index (χ0v) is 18.3. The Morgan fingerprint density at radius 3 is 2.60 bits per heavy atom. The highest BCUT2D eigenvalue weighted by Crippen LogP contribution is 2.45. The maximum absolute atomic E-state index is 11.6. The summed E-state index contributed by atoms with van der Waals surface area (Å²) < 4.78 is -1.01. The Hall–Kier alpha value is -2.64. The van der Waals surface area contributed by atoms with E-state index in [2.05, 4.69) is 46.7 Å². The van der Waals surface area contributed by atoms with Gasteiger partial charge in [0.15, 0.2) is 5.16 Å². The Morgan fingerprint density at radius 1 is 1.10 bits per heavy atom. The Bertz CT molecular complexity index is 1280. The normalized spacial score (nSPS) is 14.3. The fourth-order valence-electron chi connectivity index (χ4n) is 3.56. The SMILES string of the molecule is CC(C)(Sc1nc(Nc2ccc(C3CC3)c3ccccc23)c2ccsc2n1)C(=O)O. The number of hydrogen-bond donors (Lipinski definition) is 2. The van der Waals surface area contributed by atoms with Crippen LogP contribution in [0, 0.1) is 0 Å². The van der Waals surface area contributed by atoms with E-state index < -0.39 is 10.7 Å². The van der Waals surface area contributed by atoms with Crippen molar-refractivity contribution >= 4 is 61.6 Å². The van der Waals surface area contributed by atoms with E-state index in [9.17, 15) is 9.90 Å². The molecule has 5 nitrogen and oxygen atoms in total. The molecule has 0 radical (unpaired) electrons. The van der Waals surface area contributed by atoms with Gasteiger partial charge >= 0.3 is 5.97 Å². The molecule has 0 saturated heterocycles. The van der Waals surface area contributed by atoms with Gasteiger partial charge in [-0.3, -0.25) is 4.79 Å². The highest BCUT2D eigenvalue weighted by Gasteiger charge is 2.30. The summed E-state index contributed by atoms with van der Waals surface area (Å²) >= 11 is 2.69. The van der Waals surface area contributed by atoms with Crippen molar-refractivity contribution < 1.29 is 9.90 Å². The first-order valence-electron chi connectivity index (χ1n) is 9.89. The molecule has 0 unspecified atom stereocenters. The van der Waals surface area contributed by atoms with Gasteiger partial charge in [-0.05, 0) is 61.1 Å². The van der Waals surface area contributed by atoms with Gasteiger partial charge in [-0.1, -0.05) is 42.1 Å². The van der Waals surface area contributed by atoms with E-state index in [1.54, 1.807) is 13.8 Å². The van der Waals surface area contributed by atoms with Crippen LogP contribution in [0.2, 0.25) is 0 Å². The second kappa shape index (κ2) is 7.25. The summed E-state index contributed by atoms with van der Waals surface area (Å²) in [6, 6.07) is 14.8. The molecule has 7 heteroatoms. The monoisotopic (exact) mass is 435 g/mol. The van der Waals surface area contributed by atoms with E-state index in [0.29, 0.717) is 16.9 Å². The summed E-state index contributed by atoms with van der Waals surface area (Å²) in [7, 11) is 0. The highest BCUT2D eigenvalue weighted by atomic mass is 32.2. The van der Waals surface area contributed by atoms with Gasteiger partial charge in [0.1, 0.15) is 15.4 Å². The van der Waals surface area contributed by atoms with Crippen molar-refractivity contribution in [3.8, 4) is 0 Å². The molecule has 2 heterocycles. The topological polar surface area (TPSA) is 75.1 Å². The second-order valence-electron chi connectivity index (χ2n) is 8.06. The predicted octanol–water partition coefficient (Wildman–Crippen LogP) is 6.42.